The summed E-state index contributed by atoms with van der Waals surface area (Å²) in [5.74, 6) is -0.868. The SMILES string of the molecule is COC(=O)[C@@H]1CCCC[C@@H]1C(=O)N1CCC[C@H](NC(C)=O)C1. The number of ether oxygens (including phenoxy) is 1. The Labute approximate surface area is 131 Å². The maximum atomic E-state index is 12.8. The minimum atomic E-state index is -0.313. The van der Waals surface area contributed by atoms with Crippen molar-refractivity contribution in [3.8, 4) is 0 Å². The van der Waals surface area contributed by atoms with Crippen molar-refractivity contribution in [2.45, 2.75) is 51.5 Å². The number of carbonyl (C=O) groups is 3. The third kappa shape index (κ3) is 3.99. The van der Waals surface area contributed by atoms with Crippen LogP contribution in [-0.2, 0) is 19.1 Å². The molecule has 124 valence electrons. The van der Waals surface area contributed by atoms with Crippen LogP contribution in [0.3, 0.4) is 0 Å². The molecule has 2 fully saturated rings. The van der Waals surface area contributed by atoms with Crippen molar-refractivity contribution >= 4 is 17.8 Å². The smallest absolute Gasteiger partial charge is 0.309 e. The molecule has 2 rings (SSSR count). The molecule has 6 nitrogen and oxygen atoms in total. The molecular weight excluding hydrogens is 284 g/mol. The zero-order chi connectivity index (χ0) is 16.1. The Morgan fingerprint density at radius 2 is 1.73 bits per heavy atom. The van der Waals surface area contributed by atoms with Gasteiger partial charge in [-0.05, 0) is 25.7 Å². The lowest BCUT2D eigenvalue weighted by Crippen LogP contribution is -2.52. The lowest BCUT2D eigenvalue weighted by molar-refractivity contribution is -0.155. The molecular formula is C16H26N2O4. The van der Waals surface area contributed by atoms with Gasteiger partial charge in [-0.25, -0.2) is 0 Å². The number of carbonyl (C=O) groups excluding carboxylic acids is 3. The lowest BCUT2D eigenvalue weighted by atomic mass is 9.78. The van der Waals surface area contributed by atoms with Gasteiger partial charge in [-0.15, -0.1) is 0 Å². The molecule has 2 aliphatic rings. The van der Waals surface area contributed by atoms with Gasteiger partial charge in [-0.3, -0.25) is 14.4 Å². The molecule has 3 atom stereocenters. The predicted molar refractivity (Wildman–Crippen MR) is 80.9 cm³/mol. The highest BCUT2D eigenvalue weighted by Gasteiger charge is 2.39. The Morgan fingerprint density at radius 1 is 1.05 bits per heavy atom. The van der Waals surface area contributed by atoms with Crippen LogP contribution in [0, 0.1) is 11.8 Å². The topological polar surface area (TPSA) is 75.7 Å². The van der Waals surface area contributed by atoms with E-state index >= 15 is 0 Å². The summed E-state index contributed by atoms with van der Waals surface area (Å²) in [5, 5.41) is 2.89. The van der Waals surface area contributed by atoms with Crippen molar-refractivity contribution in [2.75, 3.05) is 20.2 Å². The first-order valence-electron chi connectivity index (χ1n) is 8.16. The van der Waals surface area contributed by atoms with E-state index in [4.69, 9.17) is 4.74 Å². The Bertz CT molecular complexity index is 438. The van der Waals surface area contributed by atoms with E-state index in [1.807, 2.05) is 4.90 Å². The van der Waals surface area contributed by atoms with Gasteiger partial charge >= 0.3 is 5.97 Å². The van der Waals surface area contributed by atoms with Crippen molar-refractivity contribution < 1.29 is 19.1 Å². The average molecular weight is 310 g/mol. The zero-order valence-electron chi connectivity index (χ0n) is 13.5. The highest BCUT2D eigenvalue weighted by atomic mass is 16.5. The van der Waals surface area contributed by atoms with E-state index in [1.54, 1.807) is 0 Å². The fourth-order valence-corrected chi connectivity index (χ4v) is 3.68. The van der Waals surface area contributed by atoms with Crippen molar-refractivity contribution in [3.05, 3.63) is 0 Å². The summed E-state index contributed by atoms with van der Waals surface area (Å²) < 4.78 is 4.86. The summed E-state index contributed by atoms with van der Waals surface area (Å²) in [5.41, 5.74) is 0. The molecule has 2 amide bonds. The van der Waals surface area contributed by atoms with Crippen LogP contribution >= 0.6 is 0 Å². The number of piperidine rings is 1. The molecule has 22 heavy (non-hydrogen) atoms. The second kappa shape index (κ2) is 7.61. The standard InChI is InChI=1S/C16H26N2O4/c1-11(19)17-12-6-5-9-18(10-12)15(20)13-7-3-4-8-14(13)16(21)22-2/h12-14H,3-10H2,1-2H3,(H,17,19)/t12-,13-,14+/m0/s1. The van der Waals surface area contributed by atoms with E-state index < -0.39 is 0 Å². The highest BCUT2D eigenvalue weighted by molar-refractivity contribution is 5.85. The summed E-state index contributed by atoms with van der Waals surface area (Å²) in [6.45, 7) is 2.75. The van der Waals surface area contributed by atoms with Crippen LogP contribution in [0.4, 0.5) is 0 Å². The second-order valence-electron chi connectivity index (χ2n) is 6.34. The van der Waals surface area contributed by atoms with E-state index in [0.717, 1.165) is 38.5 Å². The van der Waals surface area contributed by atoms with Crippen molar-refractivity contribution in [1.29, 1.82) is 0 Å². The van der Waals surface area contributed by atoms with Crippen LogP contribution in [0.25, 0.3) is 0 Å². The number of methoxy groups -OCH3 is 1. The Hall–Kier alpha value is -1.59. The molecule has 0 radical (unpaired) electrons. The summed E-state index contributed by atoms with van der Waals surface area (Å²) in [4.78, 5) is 37.8. The average Bonchev–Trinajstić information content (AvgIpc) is 2.53. The summed E-state index contributed by atoms with van der Waals surface area (Å²) in [7, 11) is 1.38. The fourth-order valence-electron chi connectivity index (χ4n) is 3.68. The summed E-state index contributed by atoms with van der Waals surface area (Å²) in [6.07, 6.45) is 5.21. The Balaban J connectivity index is 2.01. The van der Waals surface area contributed by atoms with Crippen molar-refractivity contribution in [1.82, 2.24) is 10.2 Å². The molecule has 0 aromatic rings. The molecule has 1 aliphatic heterocycles. The second-order valence-corrected chi connectivity index (χ2v) is 6.34. The number of esters is 1. The summed E-state index contributed by atoms with van der Waals surface area (Å²) in [6, 6.07) is 0.0235. The van der Waals surface area contributed by atoms with Crippen LogP contribution in [0.15, 0.2) is 0 Å². The van der Waals surface area contributed by atoms with Gasteiger partial charge in [-0.1, -0.05) is 12.8 Å². The molecule has 1 aliphatic carbocycles. The van der Waals surface area contributed by atoms with Crippen molar-refractivity contribution in [2.24, 2.45) is 11.8 Å². The minimum absolute atomic E-state index is 0.0235. The molecule has 1 heterocycles. The van der Waals surface area contributed by atoms with E-state index in [9.17, 15) is 14.4 Å². The van der Waals surface area contributed by atoms with Crippen LogP contribution in [0.2, 0.25) is 0 Å². The molecule has 1 N–H and O–H groups in total. The van der Waals surface area contributed by atoms with Crippen molar-refractivity contribution in [3.63, 3.8) is 0 Å². The van der Waals surface area contributed by atoms with E-state index in [0.29, 0.717) is 13.1 Å². The van der Waals surface area contributed by atoms with E-state index in [1.165, 1.54) is 14.0 Å². The van der Waals surface area contributed by atoms with Gasteiger partial charge in [-0.2, -0.15) is 0 Å². The van der Waals surface area contributed by atoms with Gasteiger partial charge in [0.15, 0.2) is 0 Å². The predicted octanol–water partition coefficient (Wildman–Crippen LogP) is 1.09. The molecule has 0 unspecified atom stereocenters. The molecule has 0 spiro atoms. The quantitative estimate of drug-likeness (QED) is 0.792. The van der Waals surface area contributed by atoms with Crippen LogP contribution in [-0.4, -0.2) is 48.9 Å². The van der Waals surface area contributed by atoms with Crippen LogP contribution in [0.1, 0.15) is 45.4 Å². The first-order chi connectivity index (χ1) is 10.5. The van der Waals surface area contributed by atoms with Gasteiger partial charge in [0.1, 0.15) is 0 Å². The van der Waals surface area contributed by atoms with Gasteiger partial charge < -0.3 is 15.0 Å². The molecule has 6 heteroatoms. The summed E-state index contributed by atoms with van der Waals surface area (Å²) >= 11 is 0. The van der Waals surface area contributed by atoms with E-state index in [2.05, 4.69) is 5.32 Å². The fraction of sp³-hybridized carbons (Fsp3) is 0.812. The third-order valence-electron chi connectivity index (χ3n) is 4.73. The molecule has 1 saturated carbocycles. The van der Waals surface area contributed by atoms with Gasteiger partial charge in [0.05, 0.1) is 18.9 Å². The van der Waals surface area contributed by atoms with E-state index in [-0.39, 0.29) is 35.7 Å². The number of amides is 2. The highest BCUT2D eigenvalue weighted by Crippen LogP contribution is 2.33. The third-order valence-corrected chi connectivity index (χ3v) is 4.73. The Kier molecular flexibility index (Phi) is 5.80. The Morgan fingerprint density at radius 3 is 2.36 bits per heavy atom. The number of rotatable bonds is 3. The number of hydrogen-bond donors (Lipinski definition) is 1. The molecule has 1 saturated heterocycles. The number of nitrogens with one attached hydrogen (secondary N) is 1. The zero-order valence-corrected chi connectivity index (χ0v) is 13.5. The first-order valence-corrected chi connectivity index (χ1v) is 8.16. The number of likely N-dealkylation sites (tertiary alicyclic amines) is 1. The van der Waals surface area contributed by atoms with Gasteiger partial charge in [0.2, 0.25) is 11.8 Å². The van der Waals surface area contributed by atoms with Crippen LogP contribution < -0.4 is 5.32 Å². The first kappa shape index (κ1) is 16.8. The van der Waals surface area contributed by atoms with Crippen LogP contribution in [0.5, 0.6) is 0 Å². The van der Waals surface area contributed by atoms with Gasteiger partial charge in [0.25, 0.3) is 0 Å². The largest absolute Gasteiger partial charge is 0.469 e. The normalized spacial score (nSPS) is 28.8. The molecule has 0 aromatic carbocycles. The molecule has 0 aromatic heterocycles. The van der Waals surface area contributed by atoms with Gasteiger partial charge in [0, 0.05) is 26.1 Å². The monoisotopic (exact) mass is 310 g/mol. The number of hydrogen-bond acceptors (Lipinski definition) is 4. The minimum Gasteiger partial charge on any atom is -0.469 e. The maximum absolute atomic E-state index is 12.8. The molecule has 0 bridgehead atoms. The number of nitrogens with zero attached hydrogens (tertiary/aromatic N) is 1. The maximum Gasteiger partial charge on any atom is 0.309 e. The lowest BCUT2D eigenvalue weighted by Gasteiger charge is -2.37.